The van der Waals surface area contributed by atoms with Crippen molar-refractivity contribution in [3.8, 4) is 11.4 Å². The zero-order chi connectivity index (χ0) is 60.6. The van der Waals surface area contributed by atoms with E-state index in [0.29, 0.717) is 76.6 Å². The number of fused-ring (bicyclic) bond motifs is 5. The number of aryl methyl sites for hydroxylation is 1. The van der Waals surface area contributed by atoms with Crippen LogP contribution in [0.4, 0.5) is 4.39 Å². The fraction of sp³-hybridized carbons (Fsp3) is 0.492. The Morgan fingerprint density at radius 2 is 1.60 bits per heavy atom. The molecule has 5 atom stereocenters. The number of nitrogens with zero attached hydrogens (tertiary/aromatic N) is 3. The second kappa shape index (κ2) is 26.9. The molecule has 2 aromatic carbocycles. The number of nitrogens with one attached hydrogen (secondary N) is 4. The van der Waals surface area contributed by atoms with Crippen molar-refractivity contribution in [1.29, 1.82) is 0 Å². The molecule has 84 heavy (non-hydrogen) atoms. The number of hydrogen-bond donors (Lipinski definition) is 6. The Bertz CT molecular complexity index is 3400. The molecule has 4 aliphatic rings. The minimum absolute atomic E-state index is 0.00202. The first-order valence-corrected chi connectivity index (χ1v) is 28.7. The number of benzene rings is 2. The van der Waals surface area contributed by atoms with E-state index >= 15 is 4.39 Å². The summed E-state index contributed by atoms with van der Waals surface area (Å²) in [5.41, 5.74) is 2.08. The number of ketones is 3. The predicted octanol–water partition coefficient (Wildman–Crippen LogP) is 4.07. The van der Waals surface area contributed by atoms with Crippen LogP contribution in [-0.4, -0.2) is 115 Å². The third kappa shape index (κ3) is 14.0. The van der Waals surface area contributed by atoms with Crippen LogP contribution in [0.3, 0.4) is 0 Å². The van der Waals surface area contributed by atoms with E-state index < -0.39 is 89.2 Å². The summed E-state index contributed by atoms with van der Waals surface area (Å²) in [6.07, 6.45) is 0.528. The highest BCUT2D eigenvalue weighted by atomic mass is 19.1. The molecule has 6 amide bonds. The first kappa shape index (κ1) is 61.7. The SMILES string of the molecule is CC[C@@]1(O)C(=O)OCc2c1cc1n(c2=O)Cc2c-1nc1cc(F)c(C)c3c1c2[C@@H](NC(=O)CCCNC(=O)CCC(=O)[C@H](Cc1ccccc1)NC(=O)CCC(=O)CNC(=O)[C@H](CC(=O)O)CC(=O)CCCCCN1C(=O)CC(C)C1=O)CC3. The number of amides is 6. The minimum Gasteiger partial charge on any atom is -0.481 e. The van der Waals surface area contributed by atoms with E-state index in [2.05, 4.69) is 21.3 Å². The van der Waals surface area contributed by atoms with Crippen LogP contribution in [0.2, 0.25) is 0 Å². The van der Waals surface area contributed by atoms with E-state index in [0.717, 1.165) is 5.56 Å². The van der Waals surface area contributed by atoms with Crippen molar-refractivity contribution in [2.45, 2.75) is 161 Å². The van der Waals surface area contributed by atoms with Gasteiger partial charge in [0.15, 0.2) is 17.2 Å². The number of rotatable bonds is 29. The summed E-state index contributed by atoms with van der Waals surface area (Å²) in [5.74, 6) is -8.35. The van der Waals surface area contributed by atoms with Crippen LogP contribution in [0, 0.1) is 24.6 Å². The Labute approximate surface area is 483 Å². The van der Waals surface area contributed by atoms with Crippen LogP contribution in [0.1, 0.15) is 155 Å². The standard InChI is InChI=1S/C61H70FN7O15/c1-4-61(83)42-28-47-56-40(31-69(47)59(81)41(42)32-84-60(61)82)55-44(18-17-39-34(3)43(62)29-46(67-56)54(39)55)65-50(74)15-11-22-63-49(73)21-19-48(72)45(25-35-12-7-5-8-13-35)66-51(75)20-16-38(71)30-64-57(79)36(27-53(77)78)26-37(70)14-9-6-10-23-68-52(76)24-33(2)58(68)80/h5,7-8,12-13,28-29,33,36,44-45,83H,4,6,9-11,14-27,30-32H2,1-3H3,(H,63,73)(H,64,79)(H,65,74)(H,66,75)(H,77,78)/t33?,36-,44-,45-,61-/m0/s1. The maximum Gasteiger partial charge on any atom is 0.343 e. The number of Topliss-reactive ketones (excluding diaryl/α,β-unsaturated/α-hetero) is 3. The Kier molecular flexibility index (Phi) is 19.8. The van der Waals surface area contributed by atoms with Crippen molar-refractivity contribution in [2.24, 2.45) is 11.8 Å². The number of aliphatic carboxylic acids is 1. The third-order valence-electron chi connectivity index (χ3n) is 16.4. The van der Waals surface area contributed by atoms with Gasteiger partial charge in [-0.1, -0.05) is 50.6 Å². The molecule has 4 aromatic rings. The number of ether oxygens (including phenoxy) is 1. The fourth-order valence-electron chi connectivity index (χ4n) is 11.7. The molecule has 446 valence electrons. The van der Waals surface area contributed by atoms with Gasteiger partial charge in [-0.3, -0.25) is 57.6 Å². The second-order valence-corrected chi connectivity index (χ2v) is 22.3. The molecule has 1 fully saturated rings. The molecule has 5 heterocycles. The molecule has 0 bridgehead atoms. The molecule has 2 aromatic heterocycles. The van der Waals surface area contributed by atoms with Crippen molar-refractivity contribution in [3.63, 3.8) is 0 Å². The van der Waals surface area contributed by atoms with Crippen LogP contribution in [0.5, 0.6) is 0 Å². The molecule has 22 nitrogen and oxygen atoms in total. The summed E-state index contributed by atoms with van der Waals surface area (Å²) in [5, 5.41) is 32.4. The van der Waals surface area contributed by atoms with Crippen LogP contribution in [-0.2, 0) is 89.1 Å². The predicted molar refractivity (Wildman–Crippen MR) is 299 cm³/mol. The number of pyridine rings is 2. The van der Waals surface area contributed by atoms with Crippen molar-refractivity contribution in [3.05, 3.63) is 97.6 Å². The number of esters is 1. The Hall–Kier alpha value is -8.34. The fourth-order valence-corrected chi connectivity index (χ4v) is 11.7. The largest absolute Gasteiger partial charge is 0.481 e. The normalized spacial score (nSPS) is 18.2. The second-order valence-electron chi connectivity index (χ2n) is 22.3. The monoisotopic (exact) mass is 1160 g/mol. The highest BCUT2D eigenvalue weighted by molar-refractivity contribution is 6.03. The average molecular weight is 1160 g/mol. The number of imide groups is 1. The van der Waals surface area contributed by atoms with Gasteiger partial charge >= 0.3 is 11.9 Å². The number of carboxylic acids is 1. The van der Waals surface area contributed by atoms with Crippen LogP contribution < -0.4 is 26.8 Å². The zero-order valence-electron chi connectivity index (χ0n) is 47.3. The van der Waals surface area contributed by atoms with E-state index in [4.69, 9.17) is 9.72 Å². The van der Waals surface area contributed by atoms with Crippen molar-refractivity contribution in [1.82, 2.24) is 35.7 Å². The number of aliphatic hydroxyl groups is 1. The Balaban J connectivity index is 0.791. The quantitative estimate of drug-likeness (QED) is 0.0223. The van der Waals surface area contributed by atoms with E-state index in [-0.39, 0.29) is 137 Å². The van der Waals surface area contributed by atoms with E-state index in [1.807, 2.05) is 0 Å². The smallest absolute Gasteiger partial charge is 0.343 e. The minimum atomic E-state index is -2.05. The van der Waals surface area contributed by atoms with Gasteiger partial charge < -0.3 is 40.8 Å². The summed E-state index contributed by atoms with van der Waals surface area (Å²) in [4.78, 5) is 161. The van der Waals surface area contributed by atoms with Gasteiger partial charge in [0, 0.05) is 93.0 Å². The van der Waals surface area contributed by atoms with Gasteiger partial charge in [-0.2, -0.15) is 0 Å². The lowest BCUT2D eigenvalue weighted by Crippen LogP contribution is -2.44. The molecule has 6 N–H and O–H groups in total. The molecule has 0 radical (unpaired) electrons. The summed E-state index contributed by atoms with van der Waals surface area (Å²) in [6, 6.07) is 10.1. The van der Waals surface area contributed by atoms with E-state index in [1.54, 1.807) is 57.2 Å². The van der Waals surface area contributed by atoms with Crippen LogP contribution in [0.15, 0.2) is 47.3 Å². The number of aromatic nitrogens is 2. The maximum absolute atomic E-state index is 15.4. The third-order valence-corrected chi connectivity index (χ3v) is 16.4. The lowest BCUT2D eigenvalue weighted by molar-refractivity contribution is -0.172. The molecule has 1 aliphatic carbocycles. The molecule has 1 saturated heterocycles. The van der Waals surface area contributed by atoms with Crippen LogP contribution in [0.25, 0.3) is 22.3 Å². The van der Waals surface area contributed by atoms with Gasteiger partial charge in [-0.05, 0) is 80.2 Å². The maximum atomic E-state index is 15.4. The zero-order valence-corrected chi connectivity index (χ0v) is 47.3. The molecular formula is C61H70FN7O15. The first-order chi connectivity index (χ1) is 40.1. The highest BCUT2D eigenvalue weighted by Gasteiger charge is 2.46. The van der Waals surface area contributed by atoms with Gasteiger partial charge in [-0.15, -0.1) is 0 Å². The number of halogens is 1. The number of cyclic esters (lactones) is 1. The van der Waals surface area contributed by atoms with E-state index in [9.17, 15) is 67.7 Å². The first-order valence-electron chi connectivity index (χ1n) is 28.7. The van der Waals surface area contributed by atoms with Gasteiger partial charge in [-0.25, -0.2) is 14.2 Å². The molecular weight excluding hydrogens is 1090 g/mol. The molecule has 23 heteroatoms. The number of carbonyl (C=O) groups excluding carboxylic acids is 10. The van der Waals surface area contributed by atoms with Gasteiger partial charge in [0.2, 0.25) is 35.4 Å². The highest BCUT2D eigenvalue weighted by Crippen LogP contribution is 2.46. The number of carboxylic acid groups (broad SMARTS) is 1. The topological polar surface area (TPSA) is 324 Å². The molecule has 3 aliphatic heterocycles. The number of carbonyl (C=O) groups is 11. The average Bonchev–Trinajstić information content (AvgIpc) is 1.48. The molecule has 1 unspecified atom stereocenters. The van der Waals surface area contributed by atoms with Crippen molar-refractivity contribution in [2.75, 3.05) is 19.6 Å². The molecule has 8 rings (SSSR count). The van der Waals surface area contributed by atoms with Gasteiger partial charge in [0.25, 0.3) is 5.56 Å². The van der Waals surface area contributed by atoms with Crippen molar-refractivity contribution < 1.29 is 72.1 Å². The Morgan fingerprint density at radius 3 is 2.31 bits per heavy atom. The number of hydrogen-bond acceptors (Lipinski definition) is 15. The summed E-state index contributed by atoms with van der Waals surface area (Å²) in [7, 11) is 0. The number of likely N-dealkylation sites (tertiary alicyclic amines) is 1. The summed E-state index contributed by atoms with van der Waals surface area (Å²) >= 11 is 0. The van der Waals surface area contributed by atoms with E-state index in [1.165, 1.54) is 15.5 Å². The summed E-state index contributed by atoms with van der Waals surface area (Å²) in [6.45, 7) is 4.53. The number of unbranched alkanes of at least 4 members (excludes halogenated alkanes) is 2. The molecule has 0 spiro atoms. The van der Waals surface area contributed by atoms with Crippen LogP contribution >= 0.6 is 0 Å². The summed E-state index contributed by atoms with van der Waals surface area (Å²) < 4.78 is 22.1. The van der Waals surface area contributed by atoms with Gasteiger partial charge in [0.1, 0.15) is 18.2 Å². The molecule has 0 saturated carbocycles. The van der Waals surface area contributed by atoms with Crippen molar-refractivity contribution >= 4 is 75.6 Å². The Morgan fingerprint density at radius 1 is 0.845 bits per heavy atom. The van der Waals surface area contributed by atoms with Gasteiger partial charge in [0.05, 0.1) is 60.0 Å². The lowest BCUT2D eigenvalue weighted by atomic mass is 9.81. The lowest BCUT2D eigenvalue weighted by Gasteiger charge is -2.31.